The molecule has 8 amide bonds. The van der Waals surface area contributed by atoms with E-state index in [1.807, 2.05) is 5.32 Å². The summed E-state index contributed by atoms with van der Waals surface area (Å²) in [6.07, 6.45) is -3.84. The Labute approximate surface area is 458 Å². The number of nitrogens with two attached hydrogens (primary N) is 1. The van der Waals surface area contributed by atoms with Crippen molar-refractivity contribution in [2.24, 2.45) is 5.73 Å². The predicted molar refractivity (Wildman–Crippen MR) is 277 cm³/mol. The van der Waals surface area contributed by atoms with E-state index in [1.54, 1.807) is 0 Å². The Morgan fingerprint density at radius 1 is 0.734 bits per heavy atom. The van der Waals surface area contributed by atoms with Gasteiger partial charge in [-0.25, -0.2) is 0 Å². The number of phenolic OH excluding ortho intramolecular Hbond substituents is 1. The summed E-state index contributed by atoms with van der Waals surface area (Å²) < 4.78 is 36.0. The number of hydrogen-bond donors (Lipinski definition) is 15. The van der Waals surface area contributed by atoms with Crippen LogP contribution < -0.4 is 36.5 Å². The lowest BCUT2D eigenvalue weighted by Crippen LogP contribution is -2.64. The van der Waals surface area contributed by atoms with Crippen LogP contribution in [0.15, 0.2) is 18.2 Å². The molecule has 28 nitrogen and oxygen atoms in total. The second-order valence-corrected chi connectivity index (χ2v) is 21.6. The highest BCUT2D eigenvalue weighted by Gasteiger charge is 2.48. The van der Waals surface area contributed by atoms with Gasteiger partial charge in [-0.05, 0) is 37.5 Å². The van der Waals surface area contributed by atoms with Gasteiger partial charge in [-0.2, -0.15) is 8.42 Å². The maximum Gasteiger partial charge on any atom is 0.446 e. The summed E-state index contributed by atoms with van der Waals surface area (Å²) in [5, 5.41) is 99.8. The number of nitrogens with one attached hydrogen (secondary N) is 5. The van der Waals surface area contributed by atoms with Crippen molar-refractivity contribution in [1.29, 1.82) is 0 Å². The Morgan fingerprint density at radius 3 is 1.87 bits per heavy atom. The molecular formula is C50H80N8O20S. The molecule has 79 heavy (non-hydrogen) atoms. The van der Waals surface area contributed by atoms with Crippen LogP contribution in [-0.4, -0.2) is 203 Å². The van der Waals surface area contributed by atoms with Crippen LogP contribution in [0.3, 0.4) is 0 Å². The van der Waals surface area contributed by atoms with Crippen LogP contribution in [0.4, 0.5) is 0 Å². The van der Waals surface area contributed by atoms with E-state index < -0.39 is 187 Å². The van der Waals surface area contributed by atoms with Crippen LogP contribution in [0.2, 0.25) is 0 Å². The second kappa shape index (κ2) is 31.3. The fraction of sp³-hybridized carbons (Fsp3) is 0.720. The summed E-state index contributed by atoms with van der Waals surface area (Å²) >= 11 is 0. The van der Waals surface area contributed by atoms with Crippen LogP contribution in [-0.2, 0) is 55.2 Å². The van der Waals surface area contributed by atoms with Gasteiger partial charge < -0.3 is 87.2 Å². The average molecular weight is 1150 g/mol. The molecule has 3 heterocycles. The van der Waals surface area contributed by atoms with E-state index >= 15 is 0 Å². The normalized spacial score (nSPS) is 27.1. The Balaban J connectivity index is 1.69. The zero-order valence-corrected chi connectivity index (χ0v) is 45.3. The number of carbonyl (C=O) groups excluding carboxylic acids is 8. The fourth-order valence-electron chi connectivity index (χ4n) is 9.85. The first-order valence-corrected chi connectivity index (χ1v) is 28.2. The lowest BCUT2D eigenvalue weighted by Gasteiger charge is -2.34. The summed E-state index contributed by atoms with van der Waals surface area (Å²) in [5.74, 6) is -11.4. The number of benzene rings is 1. The SMILES string of the molecule is CCCCCCCCCCCCCCCC(=O)N[C@H]1CC(O)C(O)NC(=O)[C@@H]2[C@@H](O)CCN2C(=O)[C@H](C(O)CC(N)=O)NC(=O)[C@H](C(O)Cc2ccc(OS(=O)(=O)O)c(O)c2)NC(=O)[C@@H]2C[C@@H](O)CN2C(=O)[C@H]([C@@H](C)O)NC1=O. The first-order chi connectivity index (χ1) is 37.2. The zero-order chi connectivity index (χ0) is 58.7. The number of amides is 8. The topological polar surface area (TPSA) is 455 Å². The second-order valence-electron chi connectivity index (χ2n) is 20.6. The monoisotopic (exact) mass is 1140 g/mol. The van der Waals surface area contributed by atoms with Crippen molar-refractivity contribution in [3.8, 4) is 11.5 Å². The molecule has 3 aliphatic heterocycles. The predicted octanol–water partition coefficient (Wildman–Crippen LogP) is -3.36. The van der Waals surface area contributed by atoms with Crippen LogP contribution in [0, 0.1) is 0 Å². The highest BCUT2D eigenvalue weighted by atomic mass is 32.3. The first-order valence-electron chi connectivity index (χ1n) is 26.9. The van der Waals surface area contributed by atoms with Gasteiger partial charge in [-0.15, -0.1) is 0 Å². The number of fused-ring (bicyclic) bond motifs is 2. The number of primary amides is 1. The van der Waals surface area contributed by atoms with Gasteiger partial charge in [0.15, 0.2) is 17.7 Å². The zero-order valence-electron chi connectivity index (χ0n) is 44.5. The van der Waals surface area contributed by atoms with Gasteiger partial charge in [-0.1, -0.05) is 90.0 Å². The Kier molecular flexibility index (Phi) is 26.0. The molecule has 0 spiro atoms. The van der Waals surface area contributed by atoms with E-state index in [0.717, 1.165) is 62.1 Å². The molecule has 0 bridgehead atoms. The molecule has 0 saturated carbocycles. The molecule has 3 saturated heterocycles. The summed E-state index contributed by atoms with van der Waals surface area (Å²) in [7, 11) is -5.13. The number of rotatable bonds is 24. The van der Waals surface area contributed by atoms with Crippen molar-refractivity contribution in [2.75, 3.05) is 13.1 Å². The van der Waals surface area contributed by atoms with Crippen LogP contribution in [0.5, 0.6) is 11.5 Å². The maximum absolute atomic E-state index is 14.4. The number of nitrogens with zero attached hydrogens (tertiary/aromatic N) is 2. The van der Waals surface area contributed by atoms with Crippen LogP contribution >= 0.6 is 0 Å². The van der Waals surface area contributed by atoms with Crippen LogP contribution in [0.25, 0.3) is 0 Å². The maximum atomic E-state index is 14.4. The highest BCUT2D eigenvalue weighted by molar-refractivity contribution is 7.81. The minimum atomic E-state index is -5.13. The minimum absolute atomic E-state index is 0.0927. The van der Waals surface area contributed by atoms with Gasteiger partial charge in [0.2, 0.25) is 47.3 Å². The van der Waals surface area contributed by atoms with Crippen LogP contribution in [0.1, 0.15) is 135 Å². The number of aliphatic hydroxyl groups is 7. The largest absolute Gasteiger partial charge is 0.504 e. The number of phenols is 1. The molecule has 4 unspecified atom stereocenters. The molecule has 16 N–H and O–H groups in total. The molecule has 1 aromatic carbocycles. The van der Waals surface area contributed by atoms with E-state index in [-0.39, 0.29) is 18.4 Å². The lowest BCUT2D eigenvalue weighted by atomic mass is 9.98. The molecule has 0 radical (unpaired) electrons. The summed E-state index contributed by atoms with van der Waals surface area (Å²) in [6.45, 7) is 2.18. The van der Waals surface area contributed by atoms with Gasteiger partial charge in [0.1, 0.15) is 42.4 Å². The number of aromatic hydroxyl groups is 1. The molecule has 4 rings (SSSR count). The van der Waals surface area contributed by atoms with Gasteiger partial charge in [0, 0.05) is 38.8 Å². The Bertz CT molecular complexity index is 2370. The van der Waals surface area contributed by atoms with Crippen molar-refractivity contribution >= 4 is 57.7 Å². The number of hydrogen-bond acceptors (Lipinski definition) is 19. The van der Waals surface area contributed by atoms with Gasteiger partial charge in [0.05, 0.1) is 36.9 Å². The number of unbranched alkanes of at least 4 members (excludes halogenated alkanes) is 12. The van der Waals surface area contributed by atoms with Crippen molar-refractivity contribution in [2.45, 2.75) is 215 Å². The Morgan fingerprint density at radius 2 is 1.30 bits per heavy atom. The van der Waals surface area contributed by atoms with Gasteiger partial charge in [-0.3, -0.25) is 42.9 Å². The molecule has 0 aliphatic carbocycles. The smallest absolute Gasteiger partial charge is 0.446 e. The third kappa shape index (κ3) is 20.4. The molecule has 3 aliphatic rings. The fourth-order valence-corrected chi connectivity index (χ4v) is 10.2. The van der Waals surface area contributed by atoms with E-state index in [4.69, 9.17) is 10.3 Å². The molecular weight excluding hydrogens is 1060 g/mol. The van der Waals surface area contributed by atoms with E-state index in [2.05, 4.69) is 32.4 Å². The molecule has 446 valence electrons. The van der Waals surface area contributed by atoms with Crippen molar-refractivity contribution in [1.82, 2.24) is 36.4 Å². The molecule has 3 fully saturated rings. The summed E-state index contributed by atoms with van der Waals surface area (Å²) in [4.78, 5) is 113. The quantitative estimate of drug-likeness (QED) is 0.0355. The van der Waals surface area contributed by atoms with Gasteiger partial charge in [0.25, 0.3) is 0 Å². The minimum Gasteiger partial charge on any atom is -0.504 e. The molecule has 1 aromatic rings. The summed E-state index contributed by atoms with van der Waals surface area (Å²) in [5.41, 5.74) is 5.23. The number of carbonyl (C=O) groups is 8. The van der Waals surface area contributed by atoms with E-state index in [9.17, 15) is 87.6 Å². The average Bonchev–Trinajstić information content (AvgIpc) is 3.97. The Hall–Kier alpha value is -5.79. The van der Waals surface area contributed by atoms with Crippen molar-refractivity contribution < 1.29 is 96.4 Å². The summed E-state index contributed by atoms with van der Waals surface area (Å²) in [6, 6.07) is -9.24. The van der Waals surface area contributed by atoms with Crippen molar-refractivity contribution in [3.63, 3.8) is 0 Å². The van der Waals surface area contributed by atoms with E-state index in [0.29, 0.717) is 17.7 Å². The lowest BCUT2D eigenvalue weighted by molar-refractivity contribution is -0.148. The number of aliphatic hydroxyl groups excluding tert-OH is 7. The standard InChI is InChI=1S/C50H80N8O20S/c1-3-4-5-6-7-8-9-10-11-12-13-14-15-16-39(67)52-30-24-36(65)46(70)56-48(72)43-32(61)19-20-57(43)50(74)42(35(64)25-38(51)66)55-47(71)41(34(63)22-28-17-18-37(33(62)21-28)78-79(75,76)77)54-45(69)31-23-29(60)26-58(31)49(73)40(27(2)59)53-44(30)68/h17-18,21,27,29-32,34-36,40-43,46,59-65,70H,3-16,19-20,22-26H2,1-2H3,(H2,51,66)(H,52,67)(H,53,68)(H,54,69)(H,55,71)(H,56,72)(H,75,76,77)/t27-,29-,30+,31+,32+,34?,35?,36?,40+,41+,42+,43+,46?/m1/s1. The molecule has 0 aromatic heterocycles. The third-order valence-electron chi connectivity index (χ3n) is 14.1. The van der Waals surface area contributed by atoms with E-state index in [1.165, 1.54) is 38.5 Å². The highest BCUT2D eigenvalue weighted by Crippen LogP contribution is 2.29. The van der Waals surface area contributed by atoms with Gasteiger partial charge >= 0.3 is 10.4 Å². The third-order valence-corrected chi connectivity index (χ3v) is 14.5. The first kappa shape index (κ1) is 65.7. The molecule has 29 heteroatoms. The van der Waals surface area contributed by atoms with Crippen molar-refractivity contribution in [3.05, 3.63) is 23.8 Å². The molecule has 13 atom stereocenters.